The number of piperazine rings is 1. The van der Waals surface area contributed by atoms with Gasteiger partial charge in [-0.25, -0.2) is 14.3 Å². The minimum absolute atomic E-state index is 0.00986. The maximum atomic E-state index is 13.6. The van der Waals surface area contributed by atoms with Gasteiger partial charge in [0.05, 0.1) is 26.0 Å². The van der Waals surface area contributed by atoms with E-state index in [0.29, 0.717) is 18.5 Å². The Morgan fingerprint density at radius 2 is 1.61 bits per heavy atom. The lowest BCUT2D eigenvalue weighted by Gasteiger charge is -2.38. The summed E-state index contributed by atoms with van der Waals surface area (Å²) >= 11 is 0. The summed E-state index contributed by atoms with van der Waals surface area (Å²) in [7, 11) is 1.25. The normalized spacial score (nSPS) is 16.2. The predicted molar refractivity (Wildman–Crippen MR) is 155 cm³/mol. The molecule has 1 aromatic carbocycles. The number of carbonyl (C=O) groups is 5. The van der Waals surface area contributed by atoms with Gasteiger partial charge in [0.15, 0.2) is 5.69 Å². The first-order valence-electron chi connectivity index (χ1n) is 14.8. The zero-order valence-corrected chi connectivity index (χ0v) is 25.3. The van der Waals surface area contributed by atoms with Crippen molar-refractivity contribution in [1.29, 1.82) is 0 Å². The van der Waals surface area contributed by atoms with Crippen LogP contribution in [0, 0.1) is 0 Å². The summed E-state index contributed by atoms with van der Waals surface area (Å²) in [5.74, 6) is -1.91. The van der Waals surface area contributed by atoms with Crippen LogP contribution in [0.5, 0.6) is 5.88 Å². The lowest BCUT2D eigenvalue weighted by atomic mass is 9.80. The maximum Gasteiger partial charge on any atom is 0.409 e. The Labute approximate surface area is 255 Å². The third-order valence-corrected chi connectivity index (χ3v) is 7.60. The first-order valence-corrected chi connectivity index (χ1v) is 14.8. The van der Waals surface area contributed by atoms with Gasteiger partial charge in [-0.05, 0) is 51.7 Å². The van der Waals surface area contributed by atoms with Gasteiger partial charge in [0.1, 0.15) is 6.04 Å². The molecule has 1 atom stereocenters. The van der Waals surface area contributed by atoms with Crippen LogP contribution in [0.4, 0.5) is 4.79 Å². The van der Waals surface area contributed by atoms with Gasteiger partial charge in [0.25, 0.3) is 5.91 Å². The van der Waals surface area contributed by atoms with Gasteiger partial charge in [-0.15, -0.1) is 0 Å². The molecule has 2 aromatic rings. The fourth-order valence-electron chi connectivity index (χ4n) is 5.01. The molecule has 0 radical (unpaired) electrons. The maximum absolute atomic E-state index is 13.6. The summed E-state index contributed by atoms with van der Waals surface area (Å²) in [6.07, 6.45) is 1.13. The first kappa shape index (κ1) is 32.3. The molecule has 2 fully saturated rings. The Morgan fingerprint density at radius 3 is 2.20 bits per heavy atom. The molecule has 14 heteroatoms. The highest BCUT2D eigenvalue weighted by Crippen LogP contribution is 2.38. The number of hydrogen-bond acceptors (Lipinski definition) is 10. The third-order valence-electron chi connectivity index (χ3n) is 7.60. The summed E-state index contributed by atoms with van der Waals surface area (Å²) in [5.41, 5.74) is -0.635. The minimum Gasteiger partial charge on any atom is -0.469 e. The van der Waals surface area contributed by atoms with E-state index in [2.05, 4.69) is 10.4 Å². The largest absolute Gasteiger partial charge is 0.469 e. The number of aromatic nitrogens is 2. The number of methoxy groups -OCH3 is 1. The van der Waals surface area contributed by atoms with Crippen molar-refractivity contribution in [3.8, 4) is 11.6 Å². The Morgan fingerprint density at radius 1 is 0.955 bits per heavy atom. The highest BCUT2D eigenvalue weighted by Gasteiger charge is 2.49. The van der Waals surface area contributed by atoms with Crippen LogP contribution in [0.3, 0.4) is 0 Å². The molecule has 4 rings (SSSR count). The third kappa shape index (κ3) is 7.47. The van der Waals surface area contributed by atoms with Crippen LogP contribution < -0.4 is 10.1 Å². The van der Waals surface area contributed by atoms with E-state index in [-0.39, 0.29) is 63.8 Å². The molecule has 2 heterocycles. The van der Waals surface area contributed by atoms with Crippen LogP contribution in [0.2, 0.25) is 0 Å². The molecule has 1 N–H and O–H groups in total. The van der Waals surface area contributed by atoms with E-state index in [1.54, 1.807) is 38.1 Å². The van der Waals surface area contributed by atoms with Crippen molar-refractivity contribution in [2.45, 2.75) is 57.6 Å². The second kappa shape index (κ2) is 14.7. The molecular formula is C30H39N5O9. The molecule has 1 aliphatic carbocycles. The number of hydrogen-bond donors (Lipinski definition) is 1. The smallest absolute Gasteiger partial charge is 0.409 e. The van der Waals surface area contributed by atoms with Crippen molar-refractivity contribution in [2.75, 3.05) is 46.5 Å². The summed E-state index contributed by atoms with van der Waals surface area (Å²) in [5, 5.41) is 7.19. The summed E-state index contributed by atoms with van der Waals surface area (Å²) in [6, 6.07) is 9.33. The Bertz CT molecular complexity index is 1330. The van der Waals surface area contributed by atoms with E-state index < -0.39 is 41.5 Å². The number of nitrogens with one attached hydrogen (secondary N) is 1. The van der Waals surface area contributed by atoms with E-state index >= 15 is 0 Å². The number of para-hydroxylation sites is 1. The highest BCUT2D eigenvalue weighted by molar-refractivity contribution is 5.96. The average molecular weight is 614 g/mol. The number of ether oxygens (including phenoxy) is 4. The fourth-order valence-corrected chi connectivity index (χ4v) is 5.01. The average Bonchev–Trinajstić information content (AvgIpc) is 3.45. The number of amides is 3. The summed E-state index contributed by atoms with van der Waals surface area (Å²) in [6.45, 7) is 4.90. The van der Waals surface area contributed by atoms with Gasteiger partial charge in [0, 0.05) is 38.7 Å². The van der Waals surface area contributed by atoms with Crippen molar-refractivity contribution >= 4 is 29.8 Å². The second-order valence-corrected chi connectivity index (χ2v) is 10.4. The lowest BCUT2D eigenvalue weighted by Crippen LogP contribution is -2.56. The Kier molecular flexibility index (Phi) is 10.8. The second-order valence-electron chi connectivity index (χ2n) is 10.4. The molecule has 1 saturated heterocycles. The zero-order valence-electron chi connectivity index (χ0n) is 25.3. The van der Waals surface area contributed by atoms with Crippen LogP contribution in [0.1, 0.15) is 56.4 Å². The van der Waals surface area contributed by atoms with Gasteiger partial charge in [-0.3, -0.25) is 14.4 Å². The minimum atomic E-state index is -1.18. The highest BCUT2D eigenvalue weighted by atomic mass is 16.6. The topological polar surface area (TPSA) is 159 Å². The van der Waals surface area contributed by atoms with Gasteiger partial charge in [-0.1, -0.05) is 18.2 Å². The van der Waals surface area contributed by atoms with Gasteiger partial charge in [0.2, 0.25) is 17.4 Å². The van der Waals surface area contributed by atoms with Crippen LogP contribution in [-0.4, -0.2) is 108 Å². The molecular weight excluding hydrogens is 574 g/mol. The van der Waals surface area contributed by atoms with E-state index in [4.69, 9.17) is 18.9 Å². The number of benzene rings is 1. The lowest BCUT2D eigenvalue weighted by molar-refractivity contribution is -0.170. The van der Waals surface area contributed by atoms with Crippen molar-refractivity contribution in [2.24, 2.45) is 0 Å². The Balaban J connectivity index is 1.55. The van der Waals surface area contributed by atoms with Crippen LogP contribution in [0.15, 0.2) is 36.4 Å². The molecule has 1 aliphatic heterocycles. The number of carbonyl (C=O) groups excluding carboxylic acids is 5. The fraction of sp³-hybridized carbons (Fsp3) is 0.533. The first-order chi connectivity index (χ1) is 21.2. The number of esters is 2. The SMILES string of the molecule is CCOC(=O)N1CCN(C(=O)[C@H](CCC(=O)OC)NC(=O)c2cc(OC3(C(=O)OCC)CCC3)n(-c3ccccc3)n2)CC1. The zero-order chi connectivity index (χ0) is 31.7. The van der Waals surface area contributed by atoms with Gasteiger partial charge >= 0.3 is 18.0 Å². The Hall–Kier alpha value is -4.62. The van der Waals surface area contributed by atoms with Gasteiger partial charge < -0.3 is 34.1 Å². The molecule has 0 spiro atoms. The molecule has 14 nitrogen and oxygen atoms in total. The standard InChI is InChI=1S/C30H39N5O9/c1-4-42-28(39)30(14-9-15-30)44-24-20-23(32-35(24)21-10-7-6-8-11-21)26(37)31-22(12-13-25(36)41-3)27(38)33-16-18-34(19-17-33)29(40)43-5-2/h6-8,10-11,20,22H,4-5,9,12-19H2,1-3H3,(H,31,37)/t22-/m0/s1. The molecule has 238 valence electrons. The summed E-state index contributed by atoms with van der Waals surface area (Å²) in [4.78, 5) is 67.0. The molecule has 0 unspecified atom stereocenters. The summed E-state index contributed by atoms with van der Waals surface area (Å²) < 4.78 is 22.7. The van der Waals surface area contributed by atoms with Gasteiger partial charge in [-0.2, -0.15) is 5.10 Å². The van der Waals surface area contributed by atoms with Crippen LogP contribution >= 0.6 is 0 Å². The molecule has 1 saturated carbocycles. The van der Waals surface area contributed by atoms with Crippen LogP contribution in [0.25, 0.3) is 5.69 Å². The van der Waals surface area contributed by atoms with Crippen molar-refractivity contribution in [3.05, 3.63) is 42.1 Å². The van der Waals surface area contributed by atoms with E-state index in [1.165, 1.54) is 27.7 Å². The van der Waals surface area contributed by atoms with Crippen molar-refractivity contribution in [3.63, 3.8) is 0 Å². The van der Waals surface area contributed by atoms with Crippen molar-refractivity contribution in [1.82, 2.24) is 24.9 Å². The molecule has 1 aromatic heterocycles. The van der Waals surface area contributed by atoms with Crippen LogP contribution in [-0.2, 0) is 28.6 Å². The van der Waals surface area contributed by atoms with E-state index in [1.807, 2.05) is 6.07 Å². The van der Waals surface area contributed by atoms with Crippen molar-refractivity contribution < 1.29 is 42.9 Å². The number of rotatable bonds is 12. The quantitative estimate of drug-likeness (QED) is 0.278. The van der Waals surface area contributed by atoms with E-state index in [0.717, 1.165) is 6.42 Å². The predicted octanol–water partition coefficient (Wildman–Crippen LogP) is 2.09. The molecule has 44 heavy (non-hydrogen) atoms. The number of nitrogens with zero attached hydrogens (tertiary/aromatic N) is 4. The molecule has 3 amide bonds. The van der Waals surface area contributed by atoms with E-state index in [9.17, 15) is 24.0 Å². The molecule has 0 bridgehead atoms. The molecule has 2 aliphatic rings. The monoisotopic (exact) mass is 613 g/mol.